The molecule has 2 aromatic rings. The van der Waals surface area contributed by atoms with Crippen molar-refractivity contribution in [1.82, 2.24) is 14.9 Å². The van der Waals surface area contributed by atoms with Gasteiger partial charge in [-0.3, -0.25) is 9.88 Å². The van der Waals surface area contributed by atoms with Crippen molar-refractivity contribution in [2.75, 3.05) is 25.0 Å². The van der Waals surface area contributed by atoms with Crippen LogP contribution in [0.3, 0.4) is 0 Å². The monoisotopic (exact) mass is 342 g/mol. The van der Waals surface area contributed by atoms with E-state index in [0.29, 0.717) is 12.4 Å². The third kappa shape index (κ3) is 3.80. The standard InChI is InChI=1S/C19H23FN4O/c20-17-5-2-8-22-18(17)23-16-10-19(25-13-16)6-3-9-24(14-19)12-15-4-1-7-21-11-15/h1-2,4-5,7-8,11,16H,3,6,9-10,12-14H2,(H,22,23)/t16-,19-/m1/s1. The van der Waals surface area contributed by atoms with Crippen molar-refractivity contribution in [2.24, 2.45) is 0 Å². The summed E-state index contributed by atoms with van der Waals surface area (Å²) in [5.41, 5.74) is 1.09. The van der Waals surface area contributed by atoms with Crippen LogP contribution in [0.15, 0.2) is 42.9 Å². The van der Waals surface area contributed by atoms with Crippen molar-refractivity contribution in [2.45, 2.75) is 37.5 Å². The second-order valence-corrected chi connectivity index (χ2v) is 7.05. The van der Waals surface area contributed by atoms with E-state index >= 15 is 0 Å². The molecule has 0 aromatic carbocycles. The Kier molecular flexibility index (Phi) is 4.63. The van der Waals surface area contributed by atoms with E-state index in [1.54, 1.807) is 18.5 Å². The Bertz CT molecular complexity index is 714. The molecule has 2 saturated heterocycles. The fourth-order valence-electron chi connectivity index (χ4n) is 3.98. The van der Waals surface area contributed by atoms with Crippen LogP contribution >= 0.6 is 0 Å². The summed E-state index contributed by atoms with van der Waals surface area (Å²) in [4.78, 5) is 10.7. The van der Waals surface area contributed by atoms with Gasteiger partial charge < -0.3 is 10.1 Å². The molecule has 1 N–H and O–H groups in total. The first-order valence-electron chi connectivity index (χ1n) is 8.85. The summed E-state index contributed by atoms with van der Waals surface area (Å²) in [7, 11) is 0. The molecule has 1 spiro atoms. The average Bonchev–Trinajstić information content (AvgIpc) is 3.00. The molecule has 0 bridgehead atoms. The van der Waals surface area contributed by atoms with Crippen LogP contribution in [0, 0.1) is 5.82 Å². The van der Waals surface area contributed by atoms with E-state index in [9.17, 15) is 4.39 Å². The van der Waals surface area contributed by atoms with E-state index in [0.717, 1.165) is 38.9 Å². The Balaban J connectivity index is 1.38. The normalized spacial score (nSPS) is 26.8. The number of pyridine rings is 2. The molecule has 2 atom stereocenters. The molecule has 6 heteroatoms. The Morgan fingerprint density at radius 2 is 2.24 bits per heavy atom. The molecular formula is C19H23FN4O. The summed E-state index contributed by atoms with van der Waals surface area (Å²) in [6, 6.07) is 7.21. The third-order valence-corrected chi connectivity index (χ3v) is 5.06. The van der Waals surface area contributed by atoms with Gasteiger partial charge in [0.1, 0.15) is 0 Å². The number of rotatable bonds is 4. The number of ether oxygens (including phenoxy) is 1. The average molecular weight is 342 g/mol. The van der Waals surface area contributed by atoms with E-state index in [1.165, 1.54) is 11.6 Å². The molecule has 132 valence electrons. The lowest BCUT2D eigenvalue weighted by Crippen LogP contribution is -2.47. The minimum absolute atomic E-state index is 0.0998. The summed E-state index contributed by atoms with van der Waals surface area (Å²) < 4.78 is 20.0. The second-order valence-electron chi connectivity index (χ2n) is 7.05. The van der Waals surface area contributed by atoms with Gasteiger partial charge in [0, 0.05) is 38.1 Å². The predicted molar refractivity (Wildman–Crippen MR) is 93.7 cm³/mol. The van der Waals surface area contributed by atoms with Gasteiger partial charge in [-0.05, 0) is 43.1 Å². The quantitative estimate of drug-likeness (QED) is 0.926. The van der Waals surface area contributed by atoms with Gasteiger partial charge in [0.05, 0.1) is 18.2 Å². The summed E-state index contributed by atoms with van der Waals surface area (Å²) in [6.07, 6.45) is 8.38. The van der Waals surface area contributed by atoms with Crippen LogP contribution in [0.2, 0.25) is 0 Å². The van der Waals surface area contributed by atoms with E-state index in [1.807, 2.05) is 12.3 Å². The zero-order chi connectivity index (χ0) is 17.1. The second kappa shape index (κ2) is 7.06. The van der Waals surface area contributed by atoms with Gasteiger partial charge in [-0.1, -0.05) is 6.07 Å². The number of likely N-dealkylation sites (tertiary alicyclic amines) is 1. The summed E-state index contributed by atoms with van der Waals surface area (Å²) in [5, 5.41) is 3.21. The van der Waals surface area contributed by atoms with Crippen LogP contribution in [0.4, 0.5) is 10.2 Å². The van der Waals surface area contributed by atoms with E-state index in [4.69, 9.17) is 4.74 Å². The van der Waals surface area contributed by atoms with E-state index in [-0.39, 0.29) is 17.5 Å². The molecule has 2 aliphatic heterocycles. The molecule has 5 nitrogen and oxygen atoms in total. The fraction of sp³-hybridized carbons (Fsp3) is 0.474. The zero-order valence-electron chi connectivity index (χ0n) is 14.2. The van der Waals surface area contributed by atoms with E-state index in [2.05, 4.69) is 26.3 Å². The smallest absolute Gasteiger partial charge is 0.165 e. The molecule has 2 aromatic heterocycles. The molecule has 0 amide bonds. The van der Waals surface area contributed by atoms with Crippen molar-refractivity contribution < 1.29 is 9.13 Å². The number of hydrogen-bond acceptors (Lipinski definition) is 5. The minimum Gasteiger partial charge on any atom is -0.371 e. The lowest BCUT2D eigenvalue weighted by Gasteiger charge is -2.39. The van der Waals surface area contributed by atoms with Crippen molar-refractivity contribution >= 4 is 5.82 Å². The predicted octanol–water partition coefficient (Wildman–Crippen LogP) is 2.85. The summed E-state index contributed by atoms with van der Waals surface area (Å²) in [5.74, 6) is 0.00136. The van der Waals surface area contributed by atoms with Crippen molar-refractivity contribution in [1.29, 1.82) is 0 Å². The van der Waals surface area contributed by atoms with Crippen molar-refractivity contribution in [3.05, 3.63) is 54.2 Å². The first-order valence-corrected chi connectivity index (χ1v) is 8.85. The molecule has 0 radical (unpaired) electrons. The highest BCUT2D eigenvalue weighted by molar-refractivity contribution is 5.37. The van der Waals surface area contributed by atoms with Crippen molar-refractivity contribution in [3.8, 4) is 0 Å². The molecule has 2 aliphatic rings. The number of aromatic nitrogens is 2. The Labute approximate surface area is 147 Å². The van der Waals surface area contributed by atoms with Crippen LogP contribution < -0.4 is 5.32 Å². The number of halogens is 1. The molecule has 25 heavy (non-hydrogen) atoms. The van der Waals surface area contributed by atoms with Crippen LogP contribution in [0.1, 0.15) is 24.8 Å². The van der Waals surface area contributed by atoms with Gasteiger partial charge in [0.15, 0.2) is 11.6 Å². The third-order valence-electron chi connectivity index (χ3n) is 5.06. The Morgan fingerprint density at radius 1 is 1.32 bits per heavy atom. The Hall–Kier alpha value is -2.05. The number of nitrogens with one attached hydrogen (secondary N) is 1. The van der Waals surface area contributed by atoms with Gasteiger partial charge >= 0.3 is 0 Å². The minimum atomic E-state index is -0.315. The number of nitrogens with zero attached hydrogens (tertiary/aromatic N) is 3. The highest BCUT2D eigenvalue weighted by Gasteiger charge is 2.43. The maximum atomic E-state index is 13.8. The lowest BCUT2D eigenvalue weighted by molar-refractivity contribution is -0.0533. The molecule has 0 aliphatic carbocycles. The number of piperidine rings is 1. The van der Waals surface area contributed by atoms with Crippen LogP contribution in [0.5, 0.6) is 0 Å². The molecular weight excluding hydrogens is 319 g/mol. The molecule has 0 saturated carbocycles. The largest absolute Gasteiger partial charge is 0.371 e. The summed E-state index contributed by atoms with van der Waals surface area (Å²) >= 11 is 0. The molecule has 4 heterocycles. The van der Waals surface area contributed by atoms with Gasteiger partial charge in [-0.15, -0.1) is 0 Å². The van der Waals surface area contributed by atoms with E-state index < -0.39 is 0 Å². The highest BCUT2D eigenvalue weighted by atomic mass is 19.1. The van der Waals surface area contributed by atoms with Crippen LogP contribution in [-0.2, 0) is 11.3 Å². The highest BCUT2D eigenvalue weighted by Crippen LogP contribution is 2.36. The lowest BCUT2D eigenvalue weighted by atomic mass is 9.88. The van der Waals surface area contributed by atoms with Crippen molar-refractivity contribution in [3.63, 3.8) is 0 Å². The zero-order valence-corrected chi connectivity index (χ0v) is 14.2. The number of hydrogen-bond donors (Lipinski definition) is 1. The maximum absolute atomic E-state index is 13.8. The van der Waals surface area contributed by atoms with Crippen LogP contribution in [0.25, 0.3) is 0 Å². The SMILES string of the molecule is Fc1cccnc1N[C@H]1CO[C@]2(CCCN(Cc3cccnc3)C2)C1. The van der Waals surface area contributed by atoms with Crippen LogP contribution in [-0.4, -0.2) is 46.2 Å². The molecule has 4 rings (SSSR count). The maximum Gasteiger partial charge on any atom is 0.165 e. The molecule has 0 unspecified atom stereocenters. The first-order chi connectivity index (χ1) is 12.2. The fourth-order valence-corrected chi connectivity index (χ4v) is 3.98. The molecule has 2 fully saturated rings. The van der Waals surface area contributed by atoms with Gasteiger partial charge in [0.2, 0.25) is 0 Å². The number of anilines is 1. The van der Waals surface area contributed by atoms with Gasteiger partial charge in [-0.2, -0.15) is 0 Å². The summed E-state index contributed by atoms with van der Waals surface area (Å²) in [6.45, 7) is 3.47. The Morgan fingerprint density at radius 3 is 3.08 bits per heavy atom. The topological polar surface area (TPSA) is 50.3 Å². The van der Waals surface area contributed by atoms with Gasteiger partial charge in [0.25, 0.3) is 0 Å². The first kappa shape index (κ1) is 16.4. The van der Waals surface area contributed by atoms with Gasteiger partial charge in [-0.25, -0.2) is 9.37 Å².